The van der Waals surface area contributed by atoms with Crippen LogP contribution in [0, 0.1) is 0 Å². The van der Waals surface area contributed by atoms with Crippen LogP contribution in [0.25, 0.3) is 0 Å². The molecule has 0 aliphatic rings. The molecule has 1 aromatic rings. The summed E-state index contributed by atoms with van der Waals surface area (Å²) in [7, 11) is 1.76. The van der Waals surface area contributed by atoms with Crippen molar-refractivity contribution in [1.29, 1.82) is 0 Å². The Morgan fingerprint density at radius 3 is 2.75 bits per heavy atom. The number of guanidine groups is 1. The van der Waals surface area contributed by atoms with Crippen molar-refractivity contribution in [2.45, 2.75) is 20.4 Å². The van der Waals surface area contributed by atoms with Crippen molar-refractivity contribution in [3.05, 3.63) is 29.8 Å². The van der Waals surface area contributed by atoms with Crippen molar-refractivity contribution in [2.24, 2.45) is 4.99 Å². The Kier molecular flexibility index (Phi) is 8.22. The van der Waals surface area contributed by atoms with Gasteiger partial charge in [-0.15, -0.1) is 0 Å². The fourth-order valence-corrected chi connectivity index (χ4v) is 1.70. The molecule has 0 atom stereocenters. The van der Waals surface area contributed by atoms with Crippen LogP contribution in [0.2, 0.25) is 0 Å². The topological polar surface area (TPSA) is 54.9 Å². The summed E-state index contributed by atoms with van der Waals surface area (Å²) in [5.74, 6) is 1.66. The largest absolute Gasteiger partial charge is 0.494 e. The van der Waals surface area contributed by atoms with E-state index >= 15 is 0 Å². The molecule has 20 heavy (non-hydrogen) atoms. The third kappa shape index (κ3) is 6.43. The van der Waals surface area contributed by atoms with Crippen LogP contribution >= 0.6 is 0 Å². The number of hydrogen-bond donors (Lipinski definition) is 2. The highest BCUT2D eigenvalue weighted by Crippen LogP contribution is 2.12. The van der Waals surface area contributed by atoms with Gasteiger partial charge in [-0.05, 0) is 31.5 Å². The fraction of sp³-hybridized carbons (Fsp3) is 0.533. The minimum atomic E-state index is 0.678. The van der Waals surface area contributed by atoms with E-state index in [9.17, 15) is 0 Å². The van der Waals surface area contributed by atoms with Gasteiger partial charge in [0.15, 0.2) is 5.96 Å². The predicted octanol–water partition coefficient (Wildman–Crippen LogP) is 1.79. The summed E-state index contributed by atoms with van der Waals surface area (Å²) < 4.78 is 10.8. The smallest absolute Gasteiger partial charge is 0.191 e. The van der Waals surface area contributed by atoms with Crippen LogP contribution in [0.5, 0.6) is 5.75 Å². The highest BCUT2D eigenvalue weighted by Gasteiger charge is 1.99. The van der Waals surface area contributed by atoms with Crippen molar-refractivity contribution in [3.63, 3.8) is 0 Å². The predicted molar refractivity (Wildman–Crippen MR) is 82.3 cm³/mol. The molecule has 1 aromatic carbocycles. The van der Waals surface area contributed by atoms with Crippen molar-refractivity contribution < 1.29 is 9.47 Å². The van der Waals surface area contributed by atoms with Crippen LogP contribution in [0.4, 0.5) is 0 Å². The monoisotopic (exact) mass is 279 g/mol. The summed E-state index contributed by atoms with van der Waals surface area (Å²) in [6.07, 6.45) is 0. The molecule has 0 bridgehead atoms. The van der Waals surface area contributed by atoms with Crippen molar-refractivity contribution >= 4 is 5.96 Å². The maximum Gasteiger partial charge on any atom is 0.191 e. The number of benzene rings is 1. The van der Waals surface area contributed by atoms with Gasteiger partial charge in [-0.1, -0.05) is 12.1 Å². The molecule has 0 heterocycles. The van der Waals surface area contributed by atoms with Gasteiger partial charge >= 0.3 is 0 Å². The number of nitrogens with one attached hydrogen (secondary N) is 2. The molecule has 1 rings (SSSR count). The summed E-state index contributed by atoms with van der Waals surface area (Å²) in [5.41, 5.74) is 1.16. The first kappa shape index (κ1) is 16.3. The third-order valence-electron chi connectivity index (χ3n) is 2.64. The zero-order valence-electron chi connectivity index (χ0n) is 12.6. The van der Waals surface area contributed by atoms with Crippen molar-refractivity contribution in [3.8, 4) is 5.75 Å². The first-order valence-corrected chi connectivity index (χ1v) is 7.04. The van der Waals surface area contributed by atoms with Gasteiger partial charge in [0.1, 0.15) is 5.75 Å². The summed E-state index contributed by atoms with van der Waals surface area (Å²) in [4.78, 5) is 4.17. The number of rotatable bonds is 8. The highest BCUT2D eigenvalue weighted by molar-refractivity contribution is 5.79. The molecule has 2 N–H and O–H groups in total. The summed E-state index contributed by atoms with van der Waals surface area (Å²) >= 11 is 0. The Bertz CT molecular complexity index is 408. The lowest BCUT2D eigenvalue weighted by Gasteiger charge is -2.12. The van der Waals surface area contributed by atoms with E-state index in [1.54, 1.807) is 7.05 Å². The molecule has 0 radical (unpaired) electrons. The number of nitrogens with zero attached hydrogens (tertiary/aromatic N) is 1. The van der Waals surface area contributed by atoms with Gasteiger partial charge in [-0.25, -0.2) is 0 Å². The minimum Gasteiger partial charge on any atom is -0.494 e. The van der Waals surface area contributed by atoms with E-state index in [0.717, 1.165) is 30.4 Å². The average Bonchev–Trinajstić information content (AvgIpc) is 2.47. The molecule has 5 heteroatoms. The van der Waals surface area contributed by atoms with Gasteiger partial charge in [0.25, 0.3) is 0 Å². The van der Waals surface area contributed by atoms with Crippen LogP contribution in [-0.4, -0.2) is 39.4 Å². The maximum absolute atomic E-state index is 5.48. The summed E-state index contributed by atoms with van der Waals surface area (Å²) in [6, 6.07) is 8.04. The number of hydrogen-bond acceptors (Lipinski definition) is 3. The van der Waals surface area contributed by atoms with Crippen LogP contribution < -0.4 is 15.4 Å². The Labute approximate surface area is 121 Å². The molecule has 0 spiro atoms. The van der Waals surface area contributed by atoms with E-state index in [-0.39, 0.29) is 0 Å². The van der Waals surface area contributed by atoms with Gasteiger partial charge in [-0.3, -0.25) is 4.99 Å². The quantitative estimate of drug-likeness (QED) is 0.433. The number of ether oxygens (including phenoxy) is 2. The summed E-state index contributed by atoms with van der Waals surface area (Å²) in [5, 5.41) is 6.46. The molecule has 0 unspecified atom stereocenters. The minimum absolute atomic E-state index is 0.678. The van der Waals surface area contributed by atoms with E-state index in [0.29, 0.717) is 19.8 Å². The van der Waals surface area contributed by atoms with Crippen molar-refractivity contribution in [1.82, 2.24) is 10.6 Å². The lowest BCUT2D eigenvalue weighted by Crippen LogP contribution is -2.38. The maximum atomic E-state index is 5.48. The van der Waals surface area contributed by atoms with E-state index < -0.39 is 0 Å². The van der Waals surface area contributed by atoms with Gasteiger partial charge < -0.3 is 20.1 Å². The zero-order valence-corrected chi connectivity index (χ0v) is 12.6. The van der Waals surface area contributed by atoms with Crippen molar-refractivity contribution in [2.75, 3.05) is 33.4 Å². The normalized spacial score (nSPS) is 11.2. The standard InChI is InChI=1S/C15H25N3O2/c1-4-19-10-9-17-15(16-3)18-12-13-7-6-8-14(11-13)20-5-2/h6-8,11H,4-5,9-10,12H2,1-3H3,(H2,16,17,18). The second kappa shape index (κ2) is 10.1. The lowest BCUT2D eigenvalue weighted by atomic mass is 10.2. The van der Waals surface area contributed by atoms with E-state index in [1.807, 2.05) is 32.0 Å². The molecule has 0 aliphatic heterocycles. The highest BCUT2D eigenvalue weighted by atomic mass is 16.5. The zero-order chi connectivity index (χ0) is 14.6. The van der Waals surface area contributed by atoms with Gasteiger partial charge in [-0.2, -0.15) is 0 Å². The fourth-order valence-electron chi connectivity index (χ4n) is 1.70. The van der Waals surface area contributed by atoms with Crippen LogP contribution in [-0.2, 0) is 11.3 Å². The molecule has 0 amide bonds. The van der Waals surface area contributed by atoms with Gasteiger partial charge in [0, 0.05) is 26.7 Å². The average molecular weight is 279 g/mol. The molecule has 0 aromatic heterocycles. The molecule has 0 saturated heterocycles. The van der Waals surface area contributed by atoms with Crippen LogP contribution in [0.15, 0.2) is 29.3 Å². The Hall–Kier alpha value is -1.75. The molecular weight excluding hydrogens is 254 g/mol. The Morgan fingerprint density at radius 1 is 1.20 bits per heavy atom. The molecule has 5 nitrogen and oxygen atoms in total. The first-order valence-electron chi connectivity index (χ1n) is 7.04. The number of aliphatic imine (C=N–C) groups is 1. The third-order valence-corrected chi connectivity index (χ3v) is 2.64. The molecule has 0 fully saturated rings. The second-order valence-corrected chi connectivity index (χ2v) is 4.13. The molecule has 0 aliphatic carbocycles. The molecular formula is C15H25N3O2. The Balaban J connectivity index is 2.38. The van der Waals surface area contributed by atoms with E-state index in [1.165, 1.54) is 0 Å². The Morgan fingerprint density at radius 2 is 2.05 bits per heavy atom. The SMILES string of the molecule is CCOCCNC(=NC)NCc1cccc(OCC)c1. The van der Waals surface area contributed by atoms with E-state index in [2.05, 4.69) is 21.7 Å². The first-order chi connectivity index (χ1) is 9.80. The molecule has 0 saturated carbocycles. The summed E-state index contributed by atoms with van der Waals surface area (Å²) in [6.45, 7) is 7.50. The van der Waals surface area contributed by atoms with E-state index in [4.69, 9.17) is 9.47 Å². The van der Waals surface area contributed by atoms with Gasteiger partial charge in [0.2, 0.25) is 0 Å². The van der Waals surface area contributed by atoms with Gasteiger partial charge in [0.05, 0.1) is 13.2 Å². The van der Waals surface area contributed by atoms with Crippen LogP contribution in [0.1, 0.15) is 19.4 Å². The lowest BCUT2D eigenvalue weighted by molar-refractivity contribution is 0.152. The van der Waals surface area contributed by atoms with Crippen LogP contribution in [0.3, 0.4) is 0 Å². The second-order valence-electron chi connectivity index (χ2n) is 4.13. The molecule has 112 valence electrons.